The van der Waals surface area contributed by atoms with Gasteiger partial charge in [-0.15, -0.1) is 0 Å². The van der Waals surface area contributed by atoms with Gasteiger partial charge in [-0.3, -0.25) is 9.13 Å². The van der Waals surface area contributed by atoms with Gasteiger partial charge in [-0.1, -0.05) is 140 Å². The Morgan fingerprint density at radius 1 is 0.358 bits per heavy atom. The third kappa shape index (κ3) is 4.95. The first-order valence-electron chi connectivity index (χ1n) is 22.8. The first-order chi connectivity index (χ1) is 33.3. The van der Waals surface area contributed by atoms with E-state index >= 15 is 0 Å². The summed E-state index contributed by atoms with van der Waals surface area (Å²) in [5.74, 6) is 1.64. The monoisotopic (exact) mass is 858 g/mol. The molecule has 1 aliphatic rings. The van der Waals surface area contributed by atoms with Crippen molar-refractivity contribution >= 4 is 98.9 Å². The van der Waals surface area contributed by atoms with Gasteiger partial charge >= 0.3 is 0 Å². The Hall–Kier alpha value is -9.14. The van der Waals surface area contributed by atoms with Crippen molar-refractivity contribution in [3.63, 3.8) is 0 Å². The van der Waals surface area contributed by atoms with E-state index in [2.05, 4.69) is 240 Å². The predicted octanol–water partition coefficient (Wildman–Crippen LogP) is 14.2. The lowest BCUT2D eigenvalue weighted by molar-refractivity contribution is 0.615. The van der Waals surface area contributed by atoms with E-state index in [1.54, 1.807) is 0 Å². The fraction of sp³-hybridized carbons (Fsp3) is 0.0169. The third-order valence-corrected chi connectivity index (χ3v) is 14.0. The molecule has 14 aromatic rings. The van der Waals surface area contributed by atoms with Gasteiger partial charge < -0.3 is 19.0 Å². The van der Waals surface area contributed by atoms with Crippen molar-refractivity contribution in [2.24, 2.45) is 4.99 Å². The molecule has 0 fully saturated rings. The number of fused-ring (bicyclic) bond motifs is 15. The number of hydrogen-bond donors (Lipinski definition) is 1. The molecule has 1 N–H and O–H groups in total. The molecule has 8 heteroatoms. The molecule has 1 aliphatic heterocycles. The second-order valence-corrected chi connectivity index (χ2v) is 17.4. The fourth-order valence-corrected chi connectivity index (χ4v) is 11.3. The van der Waals surface area contributed by atoms with E-state index in [0.717, 1.165) is 83.7 Å². The lowest BCUT2D eigenvalue weighted by Gasteiger charge is -2.27. The highest BCUT2D eigenvalue weighted by Crippen LogP contribution is 2.45. The molecule has 314 valence electrons. The SMILES string of the molecule is c1ccc(-n2cnc3c2NC(n2c4ccccc4c4c5c(ccc42)c2ccccc2n5-c2ccccc2)N=C3n2c3ccccc3c3ccc4c(c5ccccc5n4-c4ccccc4)c32)cc1. The average molecular weight is 859 g/mol. The summed E-state index contributed by atoms with van der Waals surface area (Å²) in [6.45, 7) is 0. The zero-order chi connectivity index (χ0) is 43.7. The van der Waals surface area contributed by atoms with Crippen molar-refractivity contribution in [1.82, 2.24) is 27.8 Å². The number of imidazole rings is 1. The Morgan fingerprint density at radius 3 is 1.46 bits per heavy atom. The minimum absolute atomic E-state index is 0.572. The van der Waals surface area contributed by atoms with Crippen LogP contribution in [0, 0.1) is 0 Å². The van der Waals surface area contributed by atoms with Crippen LogP contribution in [0.3, 0.4) is 0 Å². The molecule has 0 amide bonds. The summed E-state index contributed by atoms with van der Waals surface area (Å²) in [5.41, 5.74) is 13.0. The number of nitrogens with one attached hydrogen (secondary N) is 1. The highest BCUT2D eigenvalue weighted by molar-refractivity contribution is 6.30. The standard InChI is InChI=1S/C59H38N8/c1-4-18-37(19-5-1)63-36-60-54-57(63)61-59(66-49-31-17-13-27-45(49)53-51(66)35-33-42-40-24-10-14-28-46(40)65(55(42)53)39-22-8-3-9-23-39)62-58(54)67-47-29-15-11-25-41(47)43-32-34-50-52(56(43)67)44-26-12-16-30-48(44)64(50)38-20-6-2-7-21-38/h1-36,59,61H. The molecule has 1 atom stereocenters. The van der Waals surface area contributed by atoms with Crippen LogP contribution >= 0.6 is 0 Å². The fourth-order valence-electron chi connectivity index (χ4n) is 11.3. The smallest absolute Gasteiger partial charge is 0.204 e. The number of anilines is 1. The second kappa shape index (κ2) is 13.7. The molecule has 67 heavy (non-hydrogen) atoms. The van der Waals surface area contributed by atoms with E-state index in [-0.39, 0.29) is 0 Å². The van der Waals surface area contributed by atoms with Crippen molar-refractivity contribution in [3.05, 3.63) is 224 Å². The molecular formula is C59H38N8. The topological polar surface area (TPSA) is 61.9 Å². The Balaban J connectivity index is 1.08. The molecule has 0 saturated heterocycles. The summed E-state index contributed by atoms with van der Waals surface area (Å²) in [6.07, 6.45) is 1.36. The quantitative estimate of drug-likeness (QED) is 0.192. The Bertz CT molecular complexity index is 4350. The maximum Gasteiger partial charge on any atom is 0.204 e. The zero-order valence-electron chi connectivity index (χ0n) is 36.0. The maximum atomic E-state index is 5.91. The van der Waals surface area contributed by atoms with Crippen LogP contribution in [-0.2, 0) is 0 Å². The molecule has 9 aromatic carbocycles. The van der Waals surface area contributed by atoms with Crippen LogP contribution in [0.25, 0.3) is 104 Å². The summed E-state index contributed by atoms with van der Waals surface area (Å²) in [7, 11) is 0. The number of para-hydroxylation sites is 7. The molecule has 6 heterocycles. The van der Waals surface area contributed by atoms with Gasteiger partial charge in [0.15, 0.2) is 5.84 Å². The summed E-state index contributed by atoms with van der Waals surface area (Å²) >= 11 is 0. The molecule has 0 bridgehead atoms. The first-order valence-corrected chi connectivity index (χ1v) is 22.8. The van der Waals surface area contributed by atoms with Gasteiger partial charge in [-0.05, 0) is 72.8 Å². The summed E-state index contributed by atoms with van der Waals surface area (Å²) in [6, 6.07) is 76.1. The van der Waals surface area contributed by atoms with Crippen molar-refractivity contribution in [3.8, 4) is 17.1 Å². The first kappa shape index (κ1) is 36.2. The molecule has 0 spiro atoms. The summed E-state index contributed by atoms with van der Waals surface area (Å²) in [5, 5.41) is 13.4. The largest absolute Gasteiger partial charge is 0.330 e. The number of nitrogens with zero attached hydrogens (tertiary/aromatic N) is 7. The minimum atomic E-state index is -0.572. The van der Waals surface area contributed by atoms with E-state index in [1.165, 1.54) is 38.0 Å². The van der Waals surface area contributed by atoms with Crippen molar-refractivity contribution in [1.29, 1.82) is 0 Å². The molecule has 0 radical (unpaired) electrons. The van der Waals surface area contributed by atoms with Crippen LogP contribution in [0.2, 0.25) is 0 Å². The lowest BCUT2D eigenvalue weighted by Crippen LogP contribution is -2.28. The van der Waals surface area contributed by atoms with Gasteiger partial charge in [0, 0.05) is 60.2 Å². The van der Waals surface area contributed by atoms with E-state index < -0.39 is 6.29 Å². The van der Waals surface area contributed by atoms with Crippen LogP contribution < -0.4 is 5.32 Å². The second-order valence-electron chi connectivity index (χ2n) is 17.4. The van der Waals surface area contributed by atoms with Crippen LogP contribution in [0.1, 0.15) is 12.0 Å². The Kier molecular flexibility index (Phi) is 7.40. The van der Waals surface area contributed by atoms with Gasteiger partial charge in [-0.2, -0.15) is 0 Å². The number of aromatic nitrogens is 6. The zero-order valence-corrected chi connectivity index (χ0v) is 36.0. The van der Waals surface area contributed by atoms with Crippen molar-refractivity contribution in [2.45, 2.75) is 6.29 Å². The molecule has 1 unspecified atom stereocenters. The van der Waals surface area contributed by atoms with Gasteiger partial charge in [0.05, 0.1) is 44.1 Å². The Morgan fingerprint density at radius 2 is 0.821 bits per heavy atom. The third-order valence-electron chi connectivity index (χ3n) is 14.0. The Labute approximate surface area is 383 Å². The normalized spacial score (nSPS) is 14.0. The van der Waals surface area contributed by atoms with Crippen LogP contribution in [-0.4, -0.2) is 33.7 Å². The predicted molar refractivity (Wildman–Crippen MR) is 276 cm³/mol. The van der Waals surface area contributed by atoms with Crippen LogP contribution in [0.5, 0.6) is 0 Å². The van der Waals surface area contributed by atoms with Crippen molar-refractivity contribution in [2.75, 3.05) is 5.32 Å². The number of aliphatic imine (C=N–C) groups is 1. The minimum Gasteiger partial charge on any atom is -0.330 e. The number of benzene rings is 9. The molecule has 0 saturated carbocycles. The number of hydrogen-bond acceptors (Lipinski definition) is 3. The molecule has 15 rings (SSSR count). The van der Waals surface area contributed by atoms with Crippen LogP contribution in [0.4, 0.5) is 5.82 Å². The number of rotatable bonds is 4. The molecular weight excluding hydrogens is 821 g/mol. The molecule has 0 aliphatic carbocycles. The average Bonchev–Trinajstić information content (AvgIpc) is 4.21. The molecule has 5 aromatic heterocycles. The van der Waals surface area contributed by atoms with Gasteiger partial charge in [0.1, 0.15) is 17.8 Å². The van der Waals surface area contributed by atoms with Gasteiger partial charge in [0.25, 0.3) is 0 Å². The molecule has 8 nitrogen and oxygen atoms in total. The summed E-state index contributed by atoms with van der Waals surface area (Å²) in [4.78, 5) is 11.2. The highest BCUT2D eigenvalue weighted by Gasteiger charge is 2.33. The van der Waals surface area contributed by atoms with Gasteiger partial charge in [0.2, 0.25) is 6.29 Å². The van der Waals surface area contributed by atoms with E-state index in [0.29, 0.717) is 0 Å². The van der Waals surface area contributed by atoms with E-state index in [4.69, 9.17) is 9.98 Å². The van der Waals surface area contributed by atoms with E-state index in [9.17, 15) is 0 Å². The summed E-state index contributed by atoms with van der Waals surface area (Å²) < 4.78 is 11.8. The van der Waals surface area contributed by atoms with Gasteiger partial charge in [-0.25, -0.2) is 9.98 Å². The lowest BCUT2D eigenvalue weighted by atomic mass is 10.1. The maximum absolute atomic E-state index is 5.91. The van der Waals surface area contributed by atoms with E-state index in [1.807, 2.05) is 6.33 Å². The van der Waals surface area contributed by atoms with Crippen LogP contribution in [0.15, 0.2) is 224 Å². The highest BCUT2D eigenvalue weighted by atomic mass is 15.4. The van der Waals surface area contributed by atoms with Crippen molar-refractivity contribution < 1.29 is 0 Å².